The third kappa shape index (κ3) is 6.91. The highest BCUT2D eigenvalue weighted by molar-refractivity contribution is 5.67. The van der Waals surface area contributed by atoms with Crippen LogP contribution in [0.25, 0.3) is 0 Å². The van der Waals surface area contributed by atoms with Gasteiger partial charge < -0.3 is 20.1 Å². The van der Waals surface area contributed by atoms with Crippen molar-refractivity contribution in [1.82, 2.24) is 10.2 Å². The lowest BCUT2D eigenvalue weighted by Gasteiger charge is -2.26. The highest BCUT2D eigenvalue weighted by Gasteiger charge is 2.20. The van der Waals surface area contributed by atoms with Crippen LogP contribution in [0.4, 0.5) is 4.79 Å². The summed E-state index contributed by atoms with van der Waals surface area (Å²) in [7, 11) is 1.75. The molecule has 1 aromatic carbocycles. The van der Waals surface area contributed by atoms with Gasteiger partial charge in [-0.25, -0.2) is 4.79 Å². The first-order chi connectivity index (χ1) is 10.6. The highest BCUT2D eigenvalue weighted by Crippen LogP contribution is 2.21. The zero-order valence-electron chi connectivity index (χ0n) is 15.1. The highest BCUT2D eigenvalue weighted by atomic mass is 16.6. The zero-order chi connectivity index (χ0) is 17.6. The van der Waals surface area contributed by atoms with E-state index in [0.29, 0.717) is 18.8 Å². The van der Waals surface area contributed by atoms with Gasteiger partial charge in [-0.1, -0.05) is 25.1 Å². The SMILES string of the molecule is Cc1cccc(CNCC(C)CN(C)C(=O)OC(C)(C)C)c1O. The molecule has 0 saturated carbocycles. The topological polar surface area (TPSA) is 61.8 Å². The van der Waals surface area contributed by atoms with Crippen LogP contribution in [0.2, 0.25) is 0 Å². The van der Waals surface area contributed by atoms with Crippen LogP contribution in [0.1, 0.15) is 38.8 Å². The number of benzene rings is 1. The van der Waals surface area contributed by atoms with Crippen molar-refractivity contribution in [3.05, 3.63) is 29.3 Å². The summed E-state index contributed by atoms with van der Waals surface area (Å²) >= 11 is 0. The van der Waals surface area contributed by atoms with Crippen LogP contribution < -0.4 is 5.32 Å². The van der Waals surface area contributed by atoms with Crippen molar-refractivity contribution < 1.29 is 14.6 Å². The number of phenolic OH excluding ortho intramolecular Hbond substituents is 1. The maximum absolute atomic E-state index is 11.9. The fourth-order valence-electron chi connectivity index (χ4n) is 2.26. The van der Waals surface area contributed by atoms with Gasteiger partial charge in [0.05, 0.1) is 0 Å². The molecule has 0 fully saturated rings. The second-order valence-corrected chi connectivity index (χ2v) is 7.18. The van der Waals surface area contributed by atoms with E-state index in [2.05, 4.69) is 12.2 Å². The second kappa shape index (κ2) is 8.20. The first kappa shape index (κ1) is 19.3. The van der Waals surface area contributed by atoms with Crippen molar-refractivity contribution in [2.24, 2.45) is 5.92 Å². The minimum absolute atomic E-state index is 0.277. The second-order valence-electron chi connectivity index (χ2n) is 7.18. The zero-order valence-corrected chi connectivity index (χ0v) is 15.1. The molecule has 130 valence electrons. The third-order valence-electron chi connectivity index (χ3n) is 3.42. The molecular weight excluding hydrogens is 292 g/mol. The first-order valence-electron chi connectivity index (χ1n) is 8.02. The number of ether oxygens (including phenoxy) is 1. The Morgan fingerprint density at radius 1 is 1.39 bits per heavy atom. The molecule has 0 aromatic heterocycles. The molecule has 0 aliphatic carbocycles. The van der Waals surface area contributed by atoms with Crippen molar-refractivity contribution in [1.29, 1.82) is 0 Å². The summed E-state index contributed by atoms with van der Waals surface area (Å²) in [5.74, 6) is 0.623. The van der Waals surface area contributed by atoms with E-state index in [0.717, 1.165) is 17.7 Å². The molecule has 0 saturated heterocycles. The monoisotopic (exact) mass is 322 g/mol. The molecule has 0 heterocycles. The van der Waals surface area contributed by atoms with Gasteiger partial charge in [0.25, 0.3) is 0 Å². The predicted octanol–water partition coefficient (Wildman–Crippen LogP) is 3.29. The maximum atomic E-state index is 11.9. The number of para-hydroxylation sites is 1. The molecule has 5 heteroatoms. The Balaban J connectivity index is 2.38. The Kier molecular flexibility index (Phi) is 6.88. The molecule has 1 aromatic rings. The molecular formula is C18H30N2O3. The summed E-state index contributed by atoms with van der Waals surface area (Å²) in [5, 5.41) is 13.3. The molecule has 0 radical (unpaired) electrons. The number of phenols is 1. The lowest BCUT2D eigenvalue weighted by molar-refractivity contribution is 0.0277. The quantitative estimate of drug-likeness (QED) is 0.843. The number of rotatable bonds is 6. The molecule has 2 N–H and O–H groups in total. The Hall–Kier alpha value is -1.75. The number of aromatic hydroxyl groups is 1. The van der Waals surface area contributed by atoms with Gasteiger partial charge in [0.1, 0.15) is 11.4 Å². The predicted molar refractivity (Wildman–Crippen MR) is 92.6 cm³/mol. The average molecular weight is 322 g/mol. The number of aryl methyl sites for hydroxylation is 1. The smallest absolute Gasteiger partial charge is 0.410 e. The van der Waals surface area contributed by atoms with E-state index in [1.54, 1.807) is 11.9 Å². The Bertz CT molecular complexity index is 523. The molecule has 1 unspecified atom stereocenters. The summed E-state index contributed by atoms with van der Waals surface area (Å²) in [6.45, 7) is 11.5. The van der Waals surface area contributed by atoms with Gasteiger partial charge in [-0.3, -0.25) is 0 Å². The molecule has 0 spiro atoms. The van der Waals surface area contributed by atoms with E-state index >= 15 is 0 Å². The summed E-state index contributed by atoms with van der Waals surface area (Å²) in [6.07, 6.45) is -0.305. The molecule has 1 amide bonds. The van der Waals surface area contributed by atoms with E-state index in [1.807, 2.05) is 45.9 Å². The van der Waals surface area contributed by atoms with Crippen LogP contribution in [-0.4, -0.2) is 41.8 Å². The van der Waals surface area contributed by atoms with E-state index in [-0.39, 0.29) is 12.0 Å². The summed E-state index contributed by atoms with van der Waals surface area (Å²) in [4.78, 5) is 13.5. The lowest BCUT2D eigenvalue weighted by atomic mass is 10.1. The van der Waals surface area contributed by atoms with Crippen LogP contribution in [0.15, 0.2) is 18.2 Å². The fraction of sp³-hybridized carbons (Fsp3) is 0.611. The van der Waals surface area contributed by atoms with Gasteiger partial charge in [-0.15, -0.1) is 0 Å². The van der Waals surface area contributed by atoms with Crippen molar-refractivity contribution in [2.45, 2.75) is 46.8 Å². The van der Waals surface area contributed by atoms with E-state index in [1.165, 1.54) is 0 Å². The molecule has 0 bridgehead atoms. The first-order valence-corrected chi connectivity index (χ1v) is 8.02. The number of hydrogen-bond acceptors (Lipinski definition) is 4. The van der Waals surface area contributed by atoms with Crippen LogP contribution in [0.3, 0.4) is 0 Å². The molecule has 23 heavy (non-hydrogen) atoms. The number of nitrogens with one attached hydrogen (secondary N) is 1. The number of nitrogens with zero attached hydrogens (tertiary/aromatic N) is 1. The van der Waals surface area contributed by atoms with Crippen LogP contribution in [0, 0.1) is 12.8 Å². The van der Waals surface area contributed by atoms with Gasteiger partial charge in [-0.05, 0) is 45.7 Å². The van der Waals surface area contributed by atoms with Crippen molar-refractivity contribution in [3.63, 3.8) is 0 Å². The minimum Gasteiger partial charge on any atom is -0.507 e. The standard InChI is InChI=1S/C18H30N2O3/c1-13(12-20(6)17(22)23-18(3,4)5)10-19-11-15-9-7-8-14(2)16(15)21/h7-9,13,19,21H,10-12H2,1-6H3. The summed E-state index contributed by atoms with van der Waals surface area (Å²) < 4.78 is 5.34. The van der Waals surface area contributed by atoms with Crippen molar-refractivity contribution in [2.75, 3.05) is 20.1 Å². The third-order valence-corrected chi connectivity index (χ3v) is 3.42. The van der Waals surface area contributed by atoms with Crippen LogP contribution in [0.5, 0.6) is 5.75 Å². The molecule has 0 aliphatic heterocycles. The van der Waals surface area contributed by atoms with Gasteiger partial charge >= 0.3 is 6.09 Å². The maximum Gasteiger partial charge on any atom is 0.410 e. The van der Waals surface area contributed by atoms with E-state index < -0.39 is 5.60 Å². The van der Waals surface area contributed by atoms with Crippen molar-refractivity contribution >= 4 is 6.09 Å². The Morgan fingerprint density at radius 2 is 2.04 bits per heavy atom. The number of carbonyl (C=O) groups excluding carboxylic acids is 1. The Morgan fingerprint density at radius 3 is 2.65 bits per heavy atom. The largest absolute Gasteiger partial charge is 0.507 e. The number of hydrogen-bond donors (Lipinski definition) is 2. The Labute approximate surface area is 139 Å². The summed E-state index contributed by atoms with van der Waals surface area (Å²) in [6, 6.07) is 5.73. The van der Waals surface area contributed by atoms with Gasteiger partial charge in [0, 0.05) is 25.7 Å². The van der Waals surface area contributed by atoms with Gasteiger partial charge in [-0.2, -0.15) is 0 Å². The minimum atomic E-state index is -0.477. The average Bonchev–Trinajstić information content (AvgIpc) is 2.41. The van der Waals surface area contributed by atoms with E-state index in [4.69, 9.17) is 4.74 Å². The fourth-order valence-corrected chi connectivity index (χ4v) is 2.26. The van der Waals surface area contributed by atoms with Crippen LogP contribution in [-0.2, 0) is 11.3 Å². The van der Waals surface area contributed by atoms with Crippen molar-refractivity contribution in [3.8, 4) is 5.75 Å². The number of carbonyl (C=O) groups is 1. The van der Waals surface area contributed by atoms with Crippen LogP contribution >= 0.6 is 0 Å². The normalized spacial score (nSPS) is 12.8. The van der Waals surface area contributed by atoms with E-state index in [9.17, 15) is 9.90 Å². The molecule has 5 nitrogen and oxygen atoms in total. The molecule has 0 aliphatic rings. The van der Waals surface area contributed by atoms with Gasteiger partial charge in [0.15, 0.2) is 0 Å². The van der Waals surface area contributed by atoms with Gasteiger partial charge in [0.2, 0.25) is 0 Å². The number of amides is 1. The summed E-state index contributed by atoms with van der Waals surface area (Å²) in [5.41, 5.74) is 1.29. The molecule has 1 atom stereocenters. The molecule has 1 rings (SSSR count). The lowest BCUT2D eigenvalue weighted by Crippen LogP contribution is -2.38.